The summed E-state index contributed by atoms with van der Waals surface area (Å²) in [5.74, 6) is 0.598. The van der Waals surface area contributed by atoms with Crippen LogP contribution in [0.15, 0.2) is 22.9 Å². The van der Waals surface area contributed by atoms with E-state index in [2.05, 4.69) is 25.2 Å². The molecule has 0 aliphatic carbocycles. The molecule has 2 aromatic heterocycles. The summed E-state index contributed by atoms with van der Waals surface area (Å²) in [6.07, 6.45) is 5.08. The van der Waals surface area contributed by atoms with Crippen LogP contribution in [0.2, 0.25) is 0 Å². The standard InChI is InChI=1S/C21H25FN6O3/c1-30-21(29)28-10-6-14(7-11-28)27-8-4-13(5-9-27)20-24-19(26-31-20)18-15-12-23-25-17(15)3-2-16(18)22/h2-3,12-14H,4-11H2,1H3,(H,23,25). The lowest BCUT2D eigenvalue weighted by Crippen LogP contribution is -2.48. The number of benzene rings is 1. The van der Waals surface area contributed by atoms with Crippen LogP contribution in [0.4, 0.5) is 9.18 Å². The van der Waals surface area contributed by atoms with Crippen molar-refractivity contribution in [3.8, 4) is 11.4 Å². The predicted octanol–water partition coefficient (Wildman–Crippen LogP) is 3.16. The first kappa shape index (κ1) is 19.9. The van der Waals surface area contributed by atoms with Gasteiger partial charge in [-0.2, -0.15) is 10.1 Å². The number of methoxy groups -OCH3 is 1. The zero-order valence-electron chi connectivity index (χ0n) is 17.4. The molecule has 0 atom stereocenters. The molecule has 1 aromatic carbocycles. The molecular weight excluding hydrogens is 403 g/mol. The lowest BCUT2D eigenvalue weighted by Gasteiger charge is -2.40. The molecule has 2 aliphatic rings. The van der Waals surface area contributed by atoms with Gasteiger partial charge in [0.05, 0.1) is 24.4 Å². The van der Waals surface area contributed by atoms with Crippen LogP contribution in [0.3, 0.4) is 0 Å². The molecule has 0 saturated carbocycles. The van der Waals surface area contributed by atoms with E-state index in [0.717, 1.165) is 57.4 Å². The number of aromatic nitrogens is 4. The van der Waals surface area contributed by atoms with E-state index in [9.17, 15) is 9.18 Å². The smallest absolute Gasteiger partial charge is 0.409 e. The topological polar surface area (TPSA) is 100 Å². The van der Waals surface area contributed by atoms with Crippen molar-refractivity contribution in [1.29, 1.82) is 0 Å². The first-order valence-corrected chi connectivity index (χ1v) is 10.7. The highest BCUT2D eigenvalue weighted by atomic mass is 19.1. The van der Waals surface area contributed by atoms with Crippen molar-refractivity contribution in [2.45, 2.75) is 37.6 Å². The van der Waals surface area contributed by atoms with E-state index in [1.54, 1.807) is 17.2 Å². The lowest BCUT2D eigenvalue weighted by atomic mass is 9.93. The Hall–Kier alpha value is -3.01. The molecule has 9 nitrogen and oxygen atoms in total. The molecule has 1 N–H and O–H groups in total. The summed E-state index contributed by atoms with van der Waals surface area (Å²) in [6, 6.07) is 3.51. The number of H-pyrrole nitrogens is 1. The largest absolute Gasteiger partial charge is 0.453 e. The van der Waals surface area contributed by atoms with Gasteiger partial charge in [0.1, 0.15) is 5.82 Å². The van der Waals surface area contributed by atoms with E-state index in [4.69, 9.17) is 9.26 Å². The van der Waals surface area contributed by atoms with Gasteiger partial charge in [-0.15, -0.1) is 0 Å². The number of nitrogens with zero attached hydrogens (tertiary/aromatic N) is 5. The van der Waals surface area contributed by atoms with Crippen molar-refractivity contribution in [3.05, 3.63) is 30.0 Å². The zero-order chi connectivity index (χ0) is 21.4. The number of hydrogen-bond acceptors (Lipinski definition) is 7. The van der Waals surface area contributed by atoms with Crippen LogP contribution >= 0.6 is 0 Å². The minimum Gasteiger partial charge on any atom is -0.453 e. The van der Waals surface area contributed by atoms with Crippen molar-refractivity contribution < 1.29 is 18.4 Å². The first-order valence-electron chi connectivity index (χ1n) is 10.7. The van der Waals surface area contributed by atoms with Crippen molar-refractivity contribution in [2.75, 3.05) is 33.3 Å². The average molecular weight is 428 g/mol. The number of likely N-dealkylation sites (tertiary alicyclic amines) is 2. The Labute approximate surface area is 178 Å². The molecule has 1 amide bonds. The third-order valence-corrected chi connectivity index (χ3v) is 6.53. The second-order valence-electron chi connectivity index (χ2n) is 8.21. The van der Waals surface area contributed by atoms with Gasteiger partial charge in [0.2, 0.25) is 11.7 Å². The Bertz CT molecular complexity index is 1070. The minimum absolute atomic E-state index is 0.166. The zero-order valence-corrected chi connectivity index (χ0v) is 17.4. The molecule has 2 fully saturated rings. The monoisotopic (exact) mass is 428 g/mol. The Morgan fingerprint density at radius 1 is 1.19 bits per heavy atom. The number of halogens is 1. The highest BCUT2D eigenvalue weighted by Crippen LogP contribution is 2.33. The van der Waals surface area contributed by atoms with Gasteiger partial charge in [0, 0.05) is 30.4 Å². The second kappa shape index (κ2) is 8.26. The van der Waals surface area contributed by atoms with Gasteiger partial charge in [-0.05, 0) is 50.9 Å². The molecule has 10 heteroatoms. The van der Waals surface area contributed by atoms with E-state index in [0.29, 0.717) is 22.9 Å². The fraction of sp³-hybridized carbons (Fsp3) is 0.524. The molecule has 0 unspecified atom stereocenters. The summed E-state index contributed by atoms with van der Waals surface area (Å²) in [6.45, 7) is 3.35. The number of fused-ring (bicyclic) bond motifs is 1. The Morgan fingerprint density at radius 2 is 1.97 bits per heavy atom. The van der Waals surface area contributed by atoms with Gasteiger partial charge in [-0.3, -0.25) is 5.10 Å². The van der Waals surface area contributed by atoms with Gasteiger partial charge >= 0.3 is 6.09 Å². The maximum Gasteiger partial charge on any atom is 0.409 e. The maximum atomic E-state index is 14.5. The lowest BCUT2D eigenvalue weighted by molar-refractivity contribution is 0.0712. The number of piperidine rings is 2. The average Bonchev–Trinajstić information content (AvgIpc) is 3.49. The summed E-state index contributed by atoms with van der Waals surface area (Å²) in [5, 5.41) is 11.5. The molecule has 2 saturated heterocycles. The van der Waals surface area contributed by atoms with Crippen LogP contribution in [0.1, 0.15) is 37.5 Å². The molecule has 31 heavy (non-hydrogen) atoms. The van der Waals surface area contributed by atoms with Gasteiger partial charge < -0.3 is 19.1 Å². The third-order valence-electron chi connectivity index (χ3n) is 6.53. The molecule has 4 heterocycles. The predicted molar refractivity (Wildman–Crippen MR) is 110 cm³/mol. The van der Waals surface area contributed by atoms with E-state index in [1.807, 2.05) is 0 Å². The Kier molecular flexibility index (Phi) is 5.31. The SMILES string of the molecule is COC(=O)N1CCC(N2CCC(c3nc(-c4c(F)ccc5[nH]ncc45)no3)CC2)CC1. The minimum atomic E-state index is -0.394. The normalized spacial score (nSPS) is 19.2. The quantitative estimate of drug-likeness (QED) is 0.684. The number of carbonyl (C=O) groups excluding carboxylic acids is 1. The molecule has 0 radical (unpaired) electrons. The summed E-state index contributed by atoms with van der Waals surface area (Å²) in [4.78, 5) is 20.5. The van der Waals surface area contributed by atoms with Crippen molar-refractivity contribution in [2.24, 2.45) is 0 Å². The Morgan fingerprint density at radius 3 is 2.71 bits per heavy atom. The van der Waals surface area contributed by atoms with Crippen LogP contribution in [0, 0.1) is 5.82 Å². The summed E-state index contributed by atoms with van der Waals surface area (Å²) >= 11 is 0. The highest BCUT2D eigenvalue weighted by molar-refractivity contribution is 5.92. The number of rotatable bonds is 3. The molecule has 2 aliphatic heterocycles. The maximum absolute atomic E-state index is 14.5. The molecule has 164 valence electrons. The van der Waals surface area contributed by atoms with Crippen LogP contribution < -0.4 is 0 Å². The van der Waals surface area contributed by atoms with E-state index >= 15 is 0 Å². The van der Waals surface area contributed by atoms with Crippen LogP contribution in [0.5, 0.6) is 0 Å². The van der Waals surface area contributed by atoms with Crippen molar-refractivity contribution in [3.63, 3.8) is 0 Å². The van der Waals surface area contributed by atoms with Gasteiger partial charge in [-0.1, -0.05) is 5.16 Å². The fourth-order valence-electron chi connectivity index (χ4n) is 4.77. The summed E-state index contributed by atoms with van der Waals surface area (Å²) in [7, 11) is 1.42. The summed E-state index contributed by atoms with van der Waals surface area (Å²) < 4.78 is 24.8. The number of aromatic amines is 1. The molecular formula is C21H25FN6O3. The van der Waals surface area contributed by atoms with E-state index < -0.39 is 5.82 Å². The van der Waals surface area contributed by atoms with E-state index in [-0.39, 0.29) is 17.8 Å². The third kappa shape index (κ3) is 3.76. The number of amides is 1. The number of ether oxygens (including phenoxy) is 1. The van der Waals surface area contributed by atoms with Crippen molar-refractivity contribution >= 4 is 17.0 Å². The highest BCUT2D eigenvalue weighted by Gasteiger charge is 2.32. The number of nitrogens with one attached hydrogen (secondary N) is 1. The van der Waals surface area contributed by atoms with Gasteiger partial charge in [-0.25, -0.2) is 9.18 Å². The van der Waals surface area contributed by atoms with Gasteiger partial charge in [0.15, 0.2) is 0 Å². The first-order chi connectivity index (χ1) is 15.1. The number of carbonyl (C=O) groups is 1. The molecule has 5 rings (SSSR count). The van der Waals surface area contributed by atoms with Gasteiger partial charge in [0.25, 0.3) is 0 Å². The van der Waals surface area contributed by atoms with Crippen LogP contribution in [0.25, 0.3) is 22.3 Å². The second-order valence-corrected chi connectivity index (χ2v) is 8.21. The number of hydrogen-bond donors (Lipinski definition) is 1. The summed E-state index contributed by atoms with van der Waals surface area (Å²) in [5.41, 5.74) is 1.05. The fourth-order valence-corrected chi connectivity index (χ4v) is 4.77. The molecule has 0 bridgehead atoms. The molecule has 3 aromatic rings. The Balaban J connectivity index is 1.22. The van der Waals surface area contributed by atoms with Crippen LogP contribution in [-0.2, 0) is 4.74 Å². The molecule has 0 spiro atoms. The van der Waals surface area contributed by atoms with Crippen LogP contribution in [-0.4, -0.2) is 75.6 Å². The van der Waals surface area contributed by atoms with E-state index in [1.165, 1.54) is 13.2 Å². The van der Waals surface area contributed by atoms with Crippen molar-refractivity contribution in [1.82, 2.24) is 30.1 Å².